The molecule has 0 aromatic heterocycles. The highest BCUT2D eigenvalue weighted by atomic mass is 19.1. The molecule has 31 heavy (non-hydrogen) atoms. The Morgan fingerprint density at radius 1 is 1.03 bits per heavy atom. The second-order valence-electron chi connectivity index (χ2n) is 8.51. The third-order valence-corrected chi connectivity index (χ3v) is 5.64. The molecule has 0 aliphatic carbocycles. The third-order valence-electron chi connectivity index (χ3n) is 5.64. The molecule has 3 N–H and O–H groups in total. The normalized spacial score (nSPS) is 16.7. The summed E-state index contributed by atoms with van der Waals surface area (Å²) < 4.78 is 13.4. The van der Waals surface area contributed by atoms with Gasteiger partial charge in [-0.1, -0.05) is 32.0 Å². The average Bonchev–Trinajstić information content (AvgIpc) is 2.72. The number of carbonyl (C=O) groups excluding carboxylic acids is 1. The van der Waals surface area contributed by atoms with Gasteiger partial charge >= 0.3 is 5.97 Å². The molecule has 4 rings (SSSR count). The molecular weight excluding hydrogens is 395 g/mol. The van der Waals surface area contributed by atoms with Crippen LogP contribution in [-0.2, 0) is 6.42 Å². The number of aromatic carboxylic acids is 1. The van der Waals surface area contributed by atoms with Crippen molar-refractivity contribution in [1.29, 1.82) is 0 Å². The average molecular weight is 418 g/mol. The van der Waals surface area contributed by atoms with Gasteiger partial charge in [-0.2, -0.15) is 0 Å². The van der Waals surface area contributed by atoms with Gasteiger partial charge in [-0.05, 0) is 71.5 Å². The van der Waals surface area contributed by atoms with Crippen LogP contribution in [-0.4, -0.2) is 17.0 Å². The van der Waals surface area contributed by atoms with E-state index in [4.69, 9.17) is 0 Å². The highest BCUT2D eigenvalue weighted by Crippen LogP contribution is 2.45. The van der Waals surface area contributed by atoms with Crippen molar-refractivity contribution in [3.63, 3.8) is 0 Å². The summed E-state index contributed by atoms with van der Waals surface area (Å²) >= 11 is 0. The van der Waals surface area contributed by atoms with Gasteiger partial charge in [-0.25, -0.2) is 9.18 Å². The molecule has 1 aliphatic heterocycles. The number of amides is 1. The quantitative estimate of drug-likeness (QED) is 0.522. The predicted molar refractivity (Wildman–Crippen MR) is 118 cm³/mol. The predicted octanol–water partition coefficient (Wildman–Crippen LogP) is 5.51. The first-order valence-corrected chi connectivity index (χ1v) is 10.0. The Hall–Kier alpha value is -3.67. The number of nitrogens with one attached hydrogen (secondary N) is 2. The summed E-state index contributed by atoms with van der Waals surface area (Å²) in [7, 11) is 0. The van der Waals surface area contributed by atoms with Gasteiger partial charge in [0, 0.05) is 16.9 Å². The van der Waals surface area contributed by atoms with E-state index in [1.807, 2.05) is 18.2 Å². The topological polar surface area (TPSA) is 78.4 Å². The van der Waals surface area contributed by atoms with Crippen LogP contribution in [0.3, 0.4) is 0 Å². The van der Waals surface area contributed by atoms with Crippen molar-refractivity contribution in [3.05, 3.63) is 94.8 Å². The molecule has 5 nitrogen and oxygen atoms in total. The molecule has 0 radical (unpaired) electrons. The van der Waals surface area contributed by atoms with Crippen molar-refractivity contribution in [2.75, 3.05) is 10.6 Å². The fourth-order valence-corrected chi connectivity index (χ4v) is 4.12. The summed E-state index contributed by atoms with van der Waals surface area (Å²) in [5, 5.41) is 15.6. The number of halogens is 1. The van der Waals surface area contributed by atoms with Crippen LogP contribution in [0, 0.1) is 11.2 Å². The van der Waals surface area contributed by atoms with Crippen LogP contribution < -0.4 is 10.6 Å². The molecular formula is C25H23FN2O3. The lowest BCUT2D eigenvalue weighted by molar-refractivity contribution is 0.0696. The number of carbonyl (C=O) groups is 2. The van der Waals surface area contributed by atoms with Gasteiger partial charge in [-0.3, -0.25) is 4.79 Å². The van der Waals surface area contributed by atoms with Gasteiger partial charge in [0.1, 0.15) is 5.82 Å². The Bertz CT molecular complexity index is 1170. The van der Waals surface area contributed by atoms with Crippen LogP contribution in [0.2, 0.25) is 0 Å². The summed E-state index contributed by atoms with van der Waals surface area (Å²) in [6.45, 7) is 4.25. The summed E-state index contributed by atoms with van der Waals surface area (Å²) in [5.74, 6) is -1.78. The van der Waals surface area contributed by atoms with Crippen LogP contribution in [0.1, 0.15) is 51.7 Å². The van der Waals surface area contributed by atoms with Gasteiger partial charge < -0.3 is 15.7 Å². The van der Waals surface area contributed by atoms with Gasteiger partial charge in [0.15, 0.2) is 0 Å². The molecule has 3 aromatic rings. The molecule has 158 valence electrons. The fourth-order valence-electron chi connectivity index (χ4n) is 4.12. The lowest BCUT2D eigenvalue weighted by Gasteiger charge is -2.41. The molecule has 0 fully saturated rings. The minimum absolute atomic E-state index is 0.0401. The van der Waals surface area contributed by atoms with Crippen molar-refractivity contribution in [2.45, 2.75) is 26.3 Å². The van der Waals surface area contributed by atoms with Crippen LogP contribution in [0.5, 0.6) is 0 Å². The van der Waals surface area contributed by atoms with Gasteiger partial charge in [0.25, 0.3) is 5.91 Å². The first kappa shape index (κ1) is 20.6. The van der Waals surface area contributed by atoms with Crippen molar-refractivity contribution in [2.24, 2.45) is 5.41 Å². The summed E-state index contributed by atoms with van der Waals surface area (Å²) in [4.78, 5) is 23.8. The zero-order chi connectivity index (χ0) is 22.2. The van der Waals surface area contributed by atoms with Gasteiger partial charge in [0.05, 0.1) is 11.6 Å². The lowest BCUT2D eigenvalue weighted by atomic mass is 9.72. The van der Waals surface area contributed by atoms with E-state index < -0.39 is 11.8 Å². The number of carboxylic acids is 1. The SMILES string of the molecule is CC1(C)Cc2cc(C(=O)O)ccc2NC1c1cccc(NC(=O)c2cccc(F)c2)c1. The van der Waals surface area contributed by atoms with E-state index in [2.05, 4.69) is 24.5 Å². The maximum Gasteiger partial charge on any atom is 0.335 e. The lowest BCUT2D eigenvalue weighted by Crippen LogP contribution is -2.35. The monoisotopic (exact) mass is 418 g/mol. The summed E-state index contributed by atoms with van der Waals surface area (Å²) in [6.07, 6.45) is 0.709. The Labute approximate surface area is 179 Å². The number of fused-ring (bicyclic) bond motifs is 1. The Balaban J connectivity index is 1.59. The van der Waals surface area contributed by atoms with E-state index in [1.165, 1.54) is 18.2 Å². The minimum Gasteiger partial charge on any atom is -0.478 e. The first-order valence-electron chi connectivity index (χ1n) is 10.0. The van der Waals surface area contributed by atoms with Gasteiger partial charge in [-0.15, -0.1) is 0 Å². The maximum atomic E-state index is 13.4. The zero-order valence-corrected chi connectivity index (χ0v) is 17.3. The second kappa shape index (κ2) is 7.87. The molecule has 0 spiro atoms. The van der Waals surface area contributed by atoms with Gasteiger partial charge in [0.2, 0.25) is 0 Å². The number of hydrogen-bond acceptors (Lipinski definition) is 3. The molecule has 6 heteroatoms. The molecule has 0 saturated carbocycles. The van der Waals surface area contributed by atoms with Crippen molar-refractivity contribution < 1.29 is 19.1 Å². The van der Waals surface area contributed by atoms with Crippen molar-refractivity contribution in [3.8, 4) is 0 Å². The standard InChI is InChI=1S/C25H23FN2O3/c1-25(2)14-18-11-17(24(30)31)9-10-21(18)28-22(25)15-5-4-8-20(13-15)27-23(29)16-6-3-7-19(26)12-16/h3-13,22,28H,14H2,1-2H3,(H,27,29)(H,30,31). The van der Waals surface area contributed by atoms with E-state index in [0.29, 0.717) is 12.1 Å². The Kier molecular flexibility index (Phi) is 5.23. The molecule has 1 unspecified atom stereocenters. The molecule has 1 aliphatic rings. The smallest absolute Gasteiger partial charge is 0.335 e. The van der Waals surface area contributed by atoms with E-state index in [-0.39, 0.29) is 28.5 Å². The highest BCUT2D eigenvalue weighted by molar-refractivity contribution is 6.04. The minimum atomic E-state index is -0.940. The second-order valence-corrected chi connectivity index (χ2v) is 8.51. The van der Waals surface area contributed by atoms with E-state index in [0.717, 1.165) is 16.8 Å². The van der Waals surface area contributed by atoms with Crippen LogP contribution >= 0.6 is 0 Å². The molecule has 1 heterocycles. The highest BCUT2D eigenvalue weighted by Gasteiger charge is 2.36. The van der Waals surface area contributed by atoms with E-state index in [9.17, 15) is 19.1 Å². The maximum absolute atomic E-state index is 13.4. The summed E-state index contributed by atoms with van der Waals surface area (Å²) in [6, 6.07) is 18.2. The molecule has 1 amide bonds. The molecule has 3 aromatic carbocycles. The fraction of sp³-hybridized carbons (Fsp3) is 0.200. The number of hydrogen-bond donors (Lipinski definition) is 3. The molecule has 0 saturated heterocycles. The van der Waals surface area contributed by atoms with Crippen LogP contribution in [0.25, 0.3) is 0 Å². The zero-order valence-electron chi connectivity index (χ0n) is 17.3. The summed E-state index contributed by atoms with van der Waals surface area (Å²) in [5.41, 5.74) is 3.82. The molecule has 0 bridgehead atoms. The Morgan fingerprint density at radius 3 is 2.55 bits per heavy atom. The van der Waals surface area contributed by atoms with Crippen molar-refractivity contribution >= 4 is 23.3 Å². The van der Waals surface area contributed by atoms with Crippen molar-refractivity contribution in [1.82, 2.24) is 0 Å². The third kappa shape index (κ3) is 4.28. The van der Waals surface area contributed by atoms with E-state index in [1.54, 1.807) is 30.3 Å². The molecule has 1 atom stereocenters. The number of carboxylic acid groups (broad SMARTS) is 1. The first-order chi connectivity index (χ1) is 14.7. The van der Waals surface area contributed by atoms with Crippen LogP contribution in [0.4, 0.5) is 15.8 Å². The number of rotatable bonds is 4. The number of benzene rings is 3. The largest absolute Gasteiger partial charge is 0.478 e. The van der Waals surface area contributed by atoms with Crippen LogP contribution in [0.15, 0.2) is 66.7 Å². The number of anilines is 2. The Morgan fingerprint density at radius 2 is 1.81 bits per heavy atom. The van der Waals surface area contributed by atoms with E-state index >= 15 is 0 Å².